The van der Waals surface area contributed by atoms with E-state index in [1.165, 1.54) is 4.90 Å². The zero-order chi connectivity index (χ0) is 14.0. The molecule has 1 fully saturated rings. The highest BCUT2D eigenvalue weighted by Crippen LogP contribution is 2.35. The molecule has 1 saturated heterocycles. The van der Waals surface area contributed by atoms with Crippen molar-refractivity contribution in [1.29, 1.82) is 0 Å². The Morgan fingerprint density at radius 1 is 1.37 bits per heavy atom. The Hall–Kier alpha value is -0.970. The van der Waals surface area contributed by atoms with Gasteiger partial charge in [0, 0.05) is 25.6 Å². The quantitative estimate of drug-likeness (QED) is 0.882. The molecule has 0 aliphatic carbocycles. The molecule has 1 aliphatic rings. The van der Waals surface area contributed by atoms with Crippen molar-refractivity contribution in [2.24, 2.45) is 5.92 Å². The summed E-state index contributed by atoms with van der Waals surface area (Å²) in [7, 11) is 0. The second-order valence-electron chi connectivity index (χ2n) is 4.74. The van der Waals surface area contributed by atoms with Crippen molar-refractivity contribution in [3.05, 3.63) is 33.8 Å². The topological polar surface area (TPSA) is 60.8 Å². The van der Waals surface area contributed by atoms with Gasteiger partial charge in [-0.25, -0.2) is 4.79 Å². The van der Waals surface area contributed by atoms with Gasteiger partial charge < -0.3 is 15.1 Å². The number of aliphatic hydroxyl groups is 1. The summed E-state index contributed by atoms with van der Waals surface area (Å²) >= 11 is 11.9. The van der Waals surface area contributed by atoms with Crippen LogP contribution in [0.1, 0.15) is 17.9 Å². The molecule has 0 bridgehead atoms. The van der Waals surface area contributed by atoms with E-state index in [0.29, 0.717) is 29.6 Å². The van der Waals surface area contributed by atoms with Gasteiger partial charge in [-0.3, -0.25) is 0 Å². The highest BCUT2D eigenvalue weighted by molar-refractivity contribution is 6.42. The van der Waals surface area contributed by atoms with E-state index in [2.05, 4.69) is 0 Å². The van der Waals surface area contributed by atoms with Crippen LogP contribution in [-0.2, 0) is 0 Å². The summed E-state index contributed by atoms with van der Waals surface area (Å²) in [5.74, 6) is -0.00235. The Bertz CT molecular complexity index is 481. The molecule has 1 aromatic carbocycles. The number of amides is 1. The summed E-state index contributed by atoms with van der Waals surface area (Å²) in [4.78, 5) is 12.3. The van der Waals surface area contributed by atoms with E-state index in [1.54, 1.807) is 12.1 Å². The van der Waals surface area contributed by atoms with Crippen LogP contribution in [0.25, 0.3) is 0 Å². The molecule has 0 saturated carbocycles. The number of likely N-dealkylation sites (tertiary alicyclic amines) is 1. The SMILES string of the molecule is O=C(O)N1CC[C@H](c2ccc(Cl)c(Cl)c2)[C@@H](CO)C1. The number of aliphatic hydroxyl groups excluding tert-OH is 1. The number of piperidine rings is 1. The second kappa shape index (κ2) is 5.99. The highest BCUT2D eigenvalue weighted by Gasteiger charge is 2.32. The van der Waals surface area contributed by atoms with E-state index in [4.69, 9.17) is 28.3 Å². The van der Waals surface area contributed by atoms with Gasteiger partial charge in [0.2, 0.25) is 0 Å². The van der Waals surface area contributed by atoms with E-state index in [1.807, 2.05) is 6.07 Å². The maximum absolute atomic E-state index is 11.0. The lowest BCUT2D eigenvalue weighted by atomic mass is 9.81. The van der Waals surface area contributed by atoms with Crippen molar-refractivity contribution in [3.63, 3.8) is 0 Å². The number of halogens is 2. The molecule has 2 N–H and O–H groups in total. The maximum atomic E-state index is 11.0. The van der Waals surface area contributed by atoms with Gasteiger partial charge in [-0.05, 0) is 30.0 Å². The third-order valence-corrected chi connectivity index (χ3v) is 4.35. The van der Waals surface area contributed by atoms with Crippen LogP contribution >= 0.6 is 23.2 Å². The van der Waals surface area contributed by atoms with E-state index in [0.717, 1.165) is 5.56 Å². The van der Waals surface area contributed by atoms with Crippen LogP contribution in [0.2, 0.25) is 10.0 Å². The lowest BCUT2D eigenvalue weighted by molar-refractivity contribution is 0.0886. The predicted octanol–water partition coefficient (Wildman–Crippen LogP) is 3.07. The zero-order valence-electron chi connectivity index (χ0n) is 10.2. The van der Waals surface area contributed by atoms with Gasteiger partial charge >= 0.3 is 6.09 Å². The minimum atomic E-state index is -0.939. The van der Waals surface area contributed by atoms with Gasteiger partial charge in [0.05, 0.1) is 10.0 Å². The van der Waals surface area contributed by atoms with E-state index < -0.39 is 6.09 Å². The first kappa shape index (κ1) is 14.4. The average molecular weight is 304 g/mol. The van der Waals surface area contributed by atoms with Crippen molar-refractivity contribution in [1.82, 2.24) is 4.90 Å². The summed E-state index contributed by atoms with van der Waals surface area (Å²) < 4.78 is 0. The van der Waals surface area contributed by atoms with Crippen molar-refractivity contribution in [3.8, 4) is 0 Å². The van der Waals surface area contributed by atoms with Crippen LogP contribution in [0.15, 0.2) is 18.2 Å². The van der Waals surface area contributed by atoms with Crippen LogP contribution in [0, 0.1) is 5.92 Å². The Balaban J connectivity index is 2.19. The van der Waals surface area contributed by atoms with Gasteiger partial charge in [0.15, 0.2) is 0 Å². The van der Waals surface area contributed by atoms with Crippen molar-refractivity contribution < 1.29 is 15.0 Å². The molecule has 1 aliphatic heterocycles. The van der Waals surface area contributed by atoms with Crippen LogP contribution < -0.4 is 0 Å². The van der Waals surface area contributed by atoms with Gasteiger partial charge in [-0.15, -0.1) is 0 Å². The van der Waals surface area contributed by atoms with Crippen LogP contribution in [-0.4, -0.2) is 40.9 Å². The predicted molar refractivity (Wildman–Crippen MR) is 74.0 cm³/mol. The molecular formula is C13H15Cl2NO3. The van der Waals surface area contributed by atoms with Crippen molar-refractivity contribution >= 4 is 29.3 Å². The first-order chi connectivity index (χ1) is 9.02. The summed E-state index contributed by atoms with van der Waals surface area (Å²) in [5.41, 5.74) is 0.999. The fourth-order valence-electron chi connectivity index (χ4n) is 2.57. The molecule has 6 heteroatoms. The number of hydrogen-bond acceptors (Lipinski definition) is 2. The molecular weight excluding hydrogens is 289 g/mol. The third kappa shape index (κ3) is 3.14. The summed E-state index contributed by atoms with van der Waals surface area (Å²) in [6, 6.07) is 5.42. The molecule has 1 heterocycles. The van der Waals surface area contributed by atoms with E-state index in [9.17, 15) is 9.90 Å². The van der Waals surface area contributed by atoms with Crippen LogP contribution in [0.5, 0.6) is 0 Å². The summed E-state index contributed by atoms with van der Waals surface area (Å²) in [6.07, 6.45) is -0.263. The first-order valence-electron chi connectivity index (χ1n) is 6.06. The number of nitrogens with zero attached hydrogens (tertiary/aromatic N) is 1. The molecule has 1 aromatic rings. The van der Waals surface area contributed by atoms with Crippen molar-refractivity contribution in [2.45, 2.75) is 12.3 Å². The molecule has 2 rings (SSSR count). The van der Waals surface area contributed by atoms with E-state index in [-0.39, 0.29) is 18.4 Å². The molecule has 0 aromatic heterocycles. The van der Waals surface area contributed by atoms with Crippen LogP contribution in [0.3, 0.4) is 0 Å². The Labute approximate surface area is 121 Å². The second-order valence-corrected chi connectivity index (χ2v) is 5.55. The lowest BCUT2D eigenvalue weighted by Crippen LogP contribution is -2.43. The molecule has 1 amide bonds. The fourth-order valence-corrected chi connectivity index (χ4v) is 2.88. The minimum Gasteiger partial charge on any atom is -0.465 e. The molecule has 0 spiro atoms. The third-order valence-electron chi connectivity index (χ3n) is 3.61. The average Bonchev–Trinajstić information content (AvgIpc) is 2.41. The fraction of sp³-hybridized carbons (Fsp3) is 0.462. The smallest absolute Gasteiger partial charge is 0.407 e. The molecule has 19 heavy (non-hydrogen) atoms. The zero-order valence-corrected chi connectivity index (χ0v) is 11.7. The normalized spacial score (nSPS) is 23.4. The standard InChI is InChI=1S/C13H15Cl2NO3/c14-11-2-1-8(5-12(11)15)10-3-4-16(13(18)19)6-9(10)7-17/h1-2,5,9-10,17H,3-4,6-7H2,(H,18,19)/t9-,10-/m1/s1. The molecule has 104 valence electrons. The number of carboxylic acid groups (broad SMARTS) is 1. The van der Waals surface area contributed by atoms with Gasteiger partial charge in [0.1, 0.15) is 0 Å². The number of carbonyl (C=O) groups is 1. The van der Waals surface area contributed by atoms with Gasteiger partial charge in [0.25, 0.3) is 0 Å². The molecule has 0 radical (unpaired) electrons. The summed E-state index contributed by atoms with van der Waals surface area (Å²) in [5, 5.41) is 19.4. The minimum absolute atomic E-state index is 0.0469. The molecule has 2 atom stereocenters. The Kier molecular flexibility index (Phi) is 4.55. The Morgan fingerprint density at radius 3 is 2.68 bits per heavy atom. The number of benzene rings is 1. The molecule has 4 nitrogen and oxygen atoms in total. The van der Waals surface area contributed by atoms with Gasteiger partial charge in [-0.2, -0.15) is 0 Å². The Morgan fingerprint density at radius 2 is 2.11 bits per heavy atom. The lowest BCUT2D eigenvalue weighted by Gasteiger charge is -2.36. The number of rotatable bonds is 2. The largest absolute Gasteiger partial charge is 0.465 e. The van der Waals surface area contributed by atoms with E-state index >= 15 is 0 Å². The molecule has 0 unspecified atom stereocenters. The first-order valence-corrected chi connectivity index (χ1v) is 6.82. The summed E-state index contributed by atoms with van der Waals surface area (Å²) in [6.45, 7) is 0.766. The van der Waals surface area contributed by atoms with Gasteiger partial charge in [-0.1, -0.05) is 29.3 Å². The van der Waals surface area contributed by atoms with Crippen molar-refractivity contribution in [2.75, 3.05) is 19.7 Å². The van der Waals surface area contributed by atoms with Crippen LogP contribution in [0.4, 0.5) is 4.79 Å². The maximum Gasteiger partial charge on any atom is 0.407 e. The monoisotopic (exact) mass is 303 g/mol. The number of hydrogen-bond donors (Lipinski definition) is 2. The highest BCUT2D eigenvalue weighted by atomic mass is 35.5.